The Balaban J connectivity index is 1.45. The number of amides is 1. The van der Waals surface area contributed by atoms with Crippen molar-refractivity contribution in [1.29, 1.82) is 0 Å². The molecule has 1 aliphatic heterocycles. The van der Waals surface area contributed by atoms with Crippen molar-refractivity contribution in [3.05, 3.63) is 58.6 Å². The molecule has 2 aromatic rings. The zero-order valence-corrected chi connectivity index (χ0v) is 15.0. The molecule has 0 unspecified atom stereocenters. The molecule has 1 amide bonds. The van der Waals surface area contributed by atoms with Crippen LogP contribution in [0.5, 0.6) is 5.75 Å². The molecule has 24 heavy (non-hydrogen) atoms. The van der Waals surface area contributed by atoms with E-state index in [1.807, 2.05) is 12.1 Å². The van der Waals surface area contributed by atoms with Gasteiger partial charge in [-0.1, -0.05) is 34.1 Å². The highest BCUT2D eigenvalue weighted by atomic mass is 79.9. The second-order valence-electron chi connectivity index (χ2n) is 6.23. The lowest BCUT2D eigenvalue weighted by Gasteiger charge is -2.19. The highest BCUT2D eigenvalue weighted by Crippen LogP contribution is 2.25. The summed E-state index contributed by atoms with van der Waals surface area (Å²) < 4.78 is 1.09. The number of halogens is 1. The van der Waals surface area contributed by atoms with Gasteiger partial charge in [0.2, 0.25) is 5.91 Å². The van der Waals surface area contributed by atoms with Crippen molar-refractivity contribution in [2.24, 2.45) is 5.92 Å². The summed E-state index contributed by atoms with van der Waals surface area (Å²) in [7, 11) is 0. The molecule has 0 spiro atoms. The third kappa shape index (κ3) is 4.51. The number of benzene rings is 2. The standard InChI is InChI=1S/C19H21BrN2O2/c20-16-2-1-3-17(11-16)22-9-8-15(13-22)12-21-19(24)10-14-4-6-18(23)7-5-14/h1-7,11,15,23H,8-10,12-13H2,(H,21,24)/t15-/m1/s1. The molecular weight excluding hydrogens is 368 g/mol. The van der Waals surface area contributed by atoms with Crippen molar-refractivity contribution in [2.75, 3.05) is 24.5 Å². The maximum Gasteiger partial charge on any atom is 0.224 e. The van der Waals surface area contributed by atoms with Gasteiger partial charge in [-0.2, -0.15) is 0 Å². The summed E-state index contributed by atoms with van der Waals surface area (Å²) in [5, 5.41) is 12.3. The molecule has 126 valence electrons. The molecule has 3 rings (SSSR count). The number of hydrogen-bond acceptors (Lipinski definition) is 3. The Morgan fingerprint density at radius 1 is 1.25 bits per heavy atom. The van der Waals surface area contributed by atoms with Crippen LogP contribution in [0.15, 0.2) is 53.0 Å². The van der Waals surface area contributed by atoms with E-state index < -0.39 is 0 Å². The number of phenolic OH excluding ortho intramolecular Hbond substituents is 1. The molecule has 1 aliphatic rings. The number of phenols is 1. The number of anilines is 1. The molecule has 1 atom stereocenters. The Morgan fingerprint density at radius 3 is 2.79 bits per heavy atom. The van der Waals surface area contributed by atoms with Crippen LogP contribution in [0.1, 0.15) is 12.0 Å². The van der Waals surface area contributed by atoms with E-state index in [1.54, 1.807) is 24.3 Å². The number of hydrogen-bond donors (Lipinski definition) is 2. The van der Waals surface area contributed by atoms with Crippen molar-refractivity contribution in [1.82, 2.24) is 5.32 Å². The van der Waals surface area contributed by atoms with Crippen molar-refractivity contribution in [3.8, 4) is 5.75 Å². The van der Waals surface area contributed by atoms with Crippen molar-refractivity contribution in [3.63, 3.8) is 0 Å². The van der Waals surface area contributed by atoms with Gasteiger partial charge in [0.05, 0.1) is 6.42 Å². The van der Waals surface area contributed by atoms with Gasteiger partial charge in [-0.3, -0.25) is 4.79 Å². The van der Waals surface area contributed by atoms with Crippen LogP contribution in [-0.4, -0.2) is 30.6 Å². The SMILES string of the molecule is O=C(Cc1ccc(O)cc1)NC[C@H]1CCN(c2cccc(Br)c2)C1. The number of carbonyl (C=O) groups is 1. The van der Waals surface area contributed by atoms with Gasteiger partial charge in [-0.05, 0) is 48.2 Å². The van der Waals surface area contributed by atoms with Gasteiger partial charge < -0.3 is 15.3 Å². The highest BCUT2D eigenvalue weighted by molar-refractivity contribution is 9.10. The smallest absolute Gasteiger partial charge is 0.224 e. The Morgan fingerprint density at radius 2 is 2.04 bits per heavy atom. The predicted molar refractivity (Wildman–Crippen MR) is 99.3 cm³/mol. The van der Waals surface area contributed by atoms with Crippen LogP contribution < -0.4 is 10.2 Å². The molecule has 0 aromatic heterocycles. The predicted octanol–water partition coefficient (Wildman–Crippen LogP) is 3.34. The zero-order valence-electron chi connectivity index (χ0n) is 13.4. The Labute approximate surface area is 150 Å². The first-order valence-corrected chi connectivity index (χ1v) is 8.94. The van der Waals surface area contributed by atoms with Gasteiger partial charge in [0.15, 0.2) is 0 Å². The van der Waals surface area contributed by atoms with Crippen LogP contribution in [0.2, 0.25) is 0 Å². The van der Waals surface area contributed by atoms with Crippen LogP contribution in [0, 0.1) is 5.92 Å². The average Bonchev–Trinajstić information content (AvgIpc) is 3.04. The van der Waals surface area contributed by atoms with Crippen molar-refractivity contribution < 1.29 is 9.90 Å². The van der Waals surface area contributed by atoms with E-state index >= 15 is 0 Å². The molecule has 2 aromatic carbocycles. The lowest BCUT2D eigenvalue weighted by Crippen LogP contribution is -2.32. The Bertz CT molecular complexity index is 703. The summed E-state index contributed by atoms with van der Waals surface area (Å²) in [5.41, 5.74) is 2.13. The van der Waals surface area contributed by atoms with Gasteiger partial charge in [0.1, 0.15) is 5.75 Å². The van der Waals surface area contributed by atoms with Gasteiger partial charge in [-0.15, -0.1) is 0 Å². The fourth-order valence-corrected chi connectivity index (χ4v) is 3.41. The molecule has 5 heteroatoms. The Kier molecular flexibility index (Phi) is 5.41. The Hall–Kier alpha value is -2.01. The van der Waals surface area contributed by atoms with Gasteiger partial charge >= 0.3 is 0 Å². The first-order valence-electron chi connectivity index (χ1n) is 8.15. The van der Waals surface area contributed by atoms with Crippen LogP contribution in [0.4, 0.5) is 5.69 Å². The third-order valence-corrected chi connectivity index (χ3v) is 4.84. The van der Waals surface area contributed by atoms with E-state index in [1.165, 1.54) is 5.69 Å². The van der Waals surface area contributed by atoms with E-state index in [-0.39, 0.29) is 11.7 Å². The summed E-state index contributed by atoms with van der Waals surface area (Å²) in [6.07, 6.45) is 1.44. The summed E-state index contributed by atoms with van der Waals surface area (Å²) in [6.45, 7) is 2.70. The second kappa shape index (κ2) is 7.71. The number of aromatic hydroxyl groups is 1. The topological polar surface area (TPSA) is 52.6 Å². The van der Waals surface area contributed by atoms with Crippen molar-refractivity contribution >= 4 is 27.5 Å². The van der Waals surface area contributed by atoms with Crippen LogP contribution in [0.3, 0.4) is 0 Å². The molecule has 0 aliphatic carbocycles. The van der Waals surface area contributed by atoms with E-state index in [9.17, 15) is 9.90 Å². The summed E-state index contributed by atoms with van der Waals surface area (Å²) in [5.74, 6) is 0.729. The lowest BCUT2D eigenvalue weighted by molar-refractivity contribution is -0.120. The molecule has 1 saturated heterocycles. The zero-order chi connectivity index (χ0) is 16.9. The van der Waals surface area contributed by atoms with E-state index in [0.717, 1.165) is 29.5 Å². The quantitative estimate of drug-likeness (QED) is 0.825. The van der Waals surface area contributed by atoms with E-state index in [2.05, 4.69) is 38.3 Å². The molecule has 0 saturated carbocycles. The normalized spacial score (nSPS) is 17.0. The first-order chi connectivity index (χ1) is 11.6. The largest absolute Gasteiger partial charge is 0.508 e. The highest BCUT2D eigenvalue weighted by Gasteiger charge is 2.23. The van der Waals surface area contributed by atoms with E-state index in [4.69, 9.17) is 0 Å². The van der Waals surface area contributed by atoms with Crippen LogP contribution >= 0.6 is 15.9 Å². The number of rotatable bonds is 5. The summed E-state index contributed by atoms with van der Waals surface area (Å²) >= 11 is 3.51. The van der Waals surface area contributed by atoms with Gasteiger partial charge in [0.25, 0.3) is 0 Å². The number of nitrogens with zero attached hydrogens (tertiary/aromatic N) is 1. The molecular formula is C19H21BrN2O2. The maximum atomic E-state index is 12.1. The molecule has 4 nitrogen and oxygen atoms in total. The van der Waals surface area contributed by atoms with E-state index in [0.29, 0.717) is 18.9 Å². The molecule has 1 heterocycles. The number of carbonyl (C=O) groups excluding carboxylic acids is 1. The minimum absolute atomic E-state index is 0.0293. The molecule has 1 fully saturated rings. The second-order valence-corrected chi connectivity index (χ2v) is 7.14. The van der Waals surface area contributed by atoms with Crippen molar-refractivity contribution in [2.45, 2.75) is 12.8 Å². The summed E-state index contributed by atoms with van der Waals surface area (Å²) in [4.78, 5) is 14.4. The minimum atomic E-state index is 0.0293. The monoisotopic (exact) mass is 388 g/mol. The minimum Gasteiger partial charge on any atom is -0.508 e. The molecule has 0 bridgehead atoms. The third-order valence-electron chi connectivity index (χ3n) is 4.35. The van der Waals surface area contributed by atoms with Gasteiger partial charge in [0, 0.05) is 29.8 Å². The molecule has 0 radical (unpaired) electrons. The van der Waals surface area contributed by atoms with Gasteiger partial charge in [-0.25, -0.2) is 0 Å². The fourth-order valence-electron chi connectivity index (χ4n) is 3.03. The maximum absolute atomic E-state index is 12.1. The number of nitrogens with one attached hydrogen (secondary N) is 1. The summed E-state index contributed by atoms with van der Waals surface area (Å²) in [6, 6.07) is 15.1. The first kappa shape index (κ1) is 16.8. The van der Waals surface area contributed by atoms with Crippen LogP contribution in [0.25, 0.3) is 0 Å². The fraction of sp³-hybridized carbons (Fsp3) is 0.316. The lowest BCUT2D eigenvalue weighted by atomic mass is 10.1. The average molecular weight is 389 g/mol. The van der Waals surface area contributed by atoms with Crippen LogP contribution in [-0.2, 0) is 11.2 Å². The molecule has 2 N–H and O–H groups in total.